The Morgan fingerprint density at radius 1 is 1.25 bits per heavy atom. The van der Waals surface area contributed by atoms with Crippen molar-refractivity contribution in [3.63, 3.8) is 0 Å². The summed E-state index contributed by atoms with van der Waals surface area (Å²) in [5.74, 6) is 1.06. The third-order valence-corrected chi connectivity index (χ3v) is 5.51. The fourth-order valence-corrected chi connectivity index (χ4v) is 4.08. The second-order valence-electron chi connectivity index (χ2n) is 6.56. The molecule has 0 saturated heterocycles. The molecule has 2 N–H and O–H groups in total. The molecule has 1 aromatic carbocycles. The molecule has 0 fully saturated rings. The van der Waals surface area contributed by atoms with Gasteiger partial charge in [0.25, 0.3) is 0 Å². The van der Waals surface area contributed by atoms with Crippen LogP contribution >= 0.6 is 23.1 Å². The lowest BCUT2D eigenvalue weighted by atomic mass is 10.2. The van der Waals surface area contributed by atoms with Crippen molar-refractivity contribution in [2.75, 3.05) is 17.2 Å². The van der Waals surface area contributed by atoms with Crippen molar-refractivity contribution in [3.8, 4) is 5.75 Å². The molecule has 2 heterocycles. The Morgan fingerprint density at radius 2 is 2.11 bits per heavy atom. The number of pyridine rings is 1. The van der Waals surface area contributed by atoms with Gasteiger partial charge in [0.05, 0.1) is 22.7 Å². The quantitative estimate of drug-likeness (QED) is 0.520. The number of rotatable bonds is 7. The Hall–Kier alpha value is -2.58. The molecule has 0 unspecified atom stereocenters. The van der Waals surface area contributed by atoms with Crippen LogP contribution in [0.2, 0.25) is 0 Å². The first-order chi connectivity index (χ1) is 13.5. The molecular weight excluding hydrogens is 392 g/mol. The number of anilines is 2. The van der Waals surface area contributed by atoms with Crippen LogP contribution in [-0.4, -0.2) is 22.6 Å². The van der Waals surface area contributed by atoms with E-state index >= 15 is 0 Å². The minimum absolute atomic E-state index is 0.356. The van der Waals surface area contributed by atoms with Crippen molar-refractivity contribution in [2.24, 2.45) is 5.92 Å². The van der Waals surface area contributed by atoms with E-state index in [9.17, 15) is 4.79 Å². The lowest BCUT2D eigenvalue weighted by Gasteiger charge is -2.14. The summed E-state index contributed by atoms with van der Waals surface area (Å²) < 4.78 is 6.81. The summed E-state index contributed by atoms with van der Waals surface area (Å²) in [5, 5.41) is 6.15. The van der Waals surface area contributed by atoms with E-state index in [1.54, 1.807) is 30.4 Å². The SMILES string of the molecule is Cc1ccc(NC(=O)Nc2ncc(Sc3cccnc3)s2)c(OCC(C)C)c1. The monoisotopic (exact) mass is 414 g/mol. The molecule has 3 rings (SSSR count). The molecule has 0 aliphatic heterocycles. The highest BCUT2D eigenvalue weighted by molar-refractivity contribution is 8.01. The maximum atomic E-state index is 12.4. The Balaban J connectivity index is 1.61. The molecule has 0 radical (unpaired) electrons. The third-order valence-electron chi connectivity index (χ3n) is 3.52. The molecule has 0 saturated carbocycles. The van der Waals surface area contributed by atoms with Crippen molar-refractivity contribution >= 4 is 39.9 Å². The highest BCUT2D eigenvalue weighted by atomic mass is 32.2. The molecule has 8 heteroatoms. The predicted molar refractivity (Wildman–Crippen MR) is 115 cm³/mol. The summed E-state index contributed by atoms with van der Waals surface area (Å²) in [6.07, 6.45) is 5.26. The standard InChI is InChI=1S/C20H22N4O2S2/c1-13(2)12-26-17-9-14(3)6-7-16(17)23-19(25)24-20-22-11-18(28-20)27-15-5-4-8-21-10-15/h4-11,13H,12H2,1-3H3,(H2,22,23,24,25). The molecular formula is C20H22N4O2S2. The van der Waals surface area contributed by atoms with Crippen LogP contribution < -0.4 is 15.4 Å². The number of thiazole rings is 1. The molecule has 6 nitrogen and oxygen atoms in total. The van der Waals surface area contributed by atoms with Gasteiger partial charge in [-0.1, -0.05) is 43.0 Å². The largest absolute Gasteiger partial charge is 0.491 e. The third kappa shape index (κ3) is 5.97. The Bertz CT molecular complexity index is 929. The van der Waals surface area contributed by atoms with Gasteiger partial charge in [-0.05, 0) is 42.7 Å². The predicted octanol–water partition coefficient (Wildman–Crippen LogP) is 5.68. The second-order valence-corrected chi connectivity index (χ2v) is 8.96. The van der Waals surface area contributed by atoms with Crippen LogP contribution in [0.15, 0.2) is 58.0 Å². The number of hydrogen-bond donors (Lipinski definition) is 2. The lowest BCUT2D eigenvalue weighted by molar-refractivity contribution is 0.260. The van der Waals surface area contributed by atoms with Crippen LogP contribution in [0.25, 0.3) is 0 Å². The Kier molecular flexibility index (Phi) is 6.89. The van der Waals surface area contributed by atoms with E-state index < -0.39 is 0 Å². The van der Waals surface area contributed by atoms with E-state index in [1.807, 2.05) is 37.3 Å². The van der Waals surface area contributed by atoms with Crippen LogP contribution in [-0.2, 0) is 0 Å². The van der Waals surface area contributed by atoms with E-state index in [-0.39, 0.29) is 6.03 Å². The first-order valence-corrected chi connectivity index (χ1v) is 10.5. The first kappa shape index (κ1) is 20.2. The topological polar surface area (TPSA) is 76.1 Å². The number of carbonyl (C=O) groups excluding carboxylic acids is 1. The molecule has 146 valence electrons. The van der Waals surface area contributed by atoms with Gasteiger partial charge in [-0.2, -0.15) is 0 Å². The molecule has 3 aromatic rings. The Labute approximate surface area is 172 Å². The summed E-state index contributed by atoms with van der Waals surface area (Å²) in [6.45, 7) is 6.74. The fourth-order valence-electron chi connectivity index (χ4n) is 2.25. The summed E-state index contributed by atoms with van der Waals surface area (Å²) >= 11 is 2.96. The maximum Gasteiger partial charge on any atom is 0.325 e. The zero-order valence-electron chi connectivity index (χ0n) is 15.9. The van der Waals surface area contributed by atoms with Crippen LogP contribution in [0.3, 0.4) is 0 Å². The van der Waals surface area contributed by atoms with E-state index in [1.165, 1.54) is 11.3 Å². The van der Waals surface area contributed by atoms with Crippen molar-refractivity contribution in [3.05, 3.63) is 54.5 Å². The number of ether oxygens (including phenoxy) is 1. The van der Waals surface area contributed by atoms with Gasteiger partial charge in [-0.3, -0.25) is 10.3 Å². The van der Waals surface area contributed by atoms with Crippen LogP contribution in [0.4, 0.5) is 15.6 Å². The van der Waals surface area contributed by atoms with Gasteiger partial charge in [0.15, 0.2) is 5.13 Å². The minimum Gasteiger partial charge on any atom is -0.491 e. The van der Waals surface area contributed by atoms with E-state index in [2.05, 4.69) is 34.4 Å². The average molecular weight is 415 g/mol. The summed E-state index contributed by atoms with van der Waals surface area (Å²) in [6, 6.07) is 9.21. The van der Waals surface area contributed by atoms with E-state index in [4.69, 9.17) is 4.74 Å². The van der Waals surface area contributed by atoms with Gasteiger partial charge in [0, 0.05) is 17.3 Å². The van der Waals surface area contributed by atoms with Crippen molar-refractivity contribution in [2.45, 2.75) is 29.9 Å². The van der Waals surface area contributed by atoms with Gasteiger partial charge < -0.3 is 10.1 Å². The van der Waals surface area contributed by atoms with Crippen molar-refractivity contribution < 1.29 is 9.53 Å². The molecule has 2 amide bonds. The molecule has 0 aliphatic carbocycles. The van der Waals surface area contributed by atoms with Crippen LogP contribution in [0.5, 0.6) is 5.75 Å². The van der Waals surface area contributed by atoms with Gasteiger partial charge in [0.1, 0.15) is 5.75 Å². The summed E-state index contributed by atoms with van der Waals surface area (Å²) in [5.41, 5.74) is 1.70. The Morgan fingerprint density at radius 3 is 2.86 bits per heavy atom. The number of urea groups is 1. The number of aryl methyl sites for hydroxylation is 1. The number of benzene rings is 1. The zero-order chi connectivity index (χ0) is 19.9. The van der Waals surface area contributed by atoms with Crippen molar-refractivity contribution in [1.29, 1.82) is 0 Å². The fraction of sp³-hybridized carbons (Fsp3) is 0.250. The van der Waals surface area contributed by atoms with Gasteiger partial charge in [-0.15, -0.1) is 0 Å². The van der Waals surface area contributed by atoms with Crippen molar-refractivity contribution in [1.82, 2.24) is 9.97 Å². The molecule has 0 bridgehead atoms. The number of carbonyl (C=O) groups is 1. The molecule has 0 spiro atoms. The average Bonchev–Trinajstić information content (AvgIpc) is 3.09. The molecule has 2 aromatic heterocycles. The first-order valence-electron chi connectivity index (χ1n) is 8.85. The number of nitrogens with one attached hydrogen (secondary N) is 2. The minimum atomic E-state index is -0.356. The maximum absolute atomic E-state index is 12.4. The highest BCUT2D eigenvalue weighted by Crippen LogP contribution is 2.33. The molecule has 0 atom stereocenters. The number of nitrogens with zero attached hydrogens (tertiary/aromatic N) is 2. The van der Waals surface area contributed by atoms with E-state index in [0.717, 1.165) is 14.7 Å². The normalized spacial score (nSPS) is 10.7. The number of hydrogen-bond acceptors (Lipinski definition) is 6. The number of aromatic nitrogens is 2. The smallest absolute Gasteiger partial charge is 0.325 e. The summed E-state index contributed by atoms with van der Waals surface area (Å²) in [4.78, 5) is 21.8. The van der Waals surface area contributed by atoms with Gasteiger partial charge in [-0.25, -0.2) is 9.78 Å². The second kappa shape index (κ2) is 9.57. The van der Waals surface area contributed by atoms with Gasteiger partial charge >= 0.3 is 6.03 Å². The highest BCUT2D eigenvalue weighted by Gasteiger charge is 2.12. The van der Waals surface area contributed by atoms with Crippen LogP contribution in [0.1, 0.15) is 19.4 Å². The molecule has 28 heavy (non-hydrogen) atoms. The lowest BCUT2D eigenvalue weighted by Crippen LogP contribution is -2.20. The summed E-state index contributed by atoms with van der Waals surface area (Å²) in [7, 11) is 0. The molecule has 0 aliphatic rings. The number of amides is 2. The van der Waals surface area contributed by atoms with Gasteiger partial charge in [0.2, 0.25) is 0 Å². The van der Waals surface area contributed by atoms with E-state index in [0.29, 0.717) is 29.1 Å². The zero-order valence-corrected chi connectivity index (χ0v) is 17.6. The van der Waals surface area contributed by atoms with Crippen LogP contribution in [0, 0.1) is 12.8 Å².